The molecule has 0 bridgehead atoms. The molecule has 104 valence electrons. The van der Waals surface area contributed by atoms with Crippen LogP contribution in [0, 0.1) is 5.82 Å². The Kier molecular flexibility index (Phi) is 6.82. The second-order valence-corrected chi connectivity index (χ2v) is 4.08. The lowest BCUT2D eigenvalue weighted by Crippen LogP contribution is -2.27. The third-order valence-electron chi connectivity index (χ3n) is 2.83. The van der Waals surface area contributed by atoms with E-state index in [1.54, 1.807) is 18.2 Å². The summed E-state index contributed by atoms with van der Waals surface area (Å²) in [4.78, 5) is 13.6. The minimum absolute atomic E-state index is 0.293. The molecule has 19 heavy (non-hydrogen) atoms. The van der Waals surface area contributed by atoms with Crippen LogP contribution in [0.1, 0.15) is 19.4 Å². The molecule has 0 heterocycles. The molecule has 0 aliphatic carbocycles. The predicted molar refractivity (Wildman–Crippen MR) is 74.2 cm³/mol. The monoisotopic (exact) mass is 265 g/mol. The highest BCUT2D eigenvalue weighted by Crippen LogP contribution is 2.04. The molecule has 0 aromatic heterocycles. The van der Waals surface area contributed by atoms with E-state index >= 15 is 0 Å². The number of carbonyl (C=O) groups excluding carboxylic acids is 1. The summed E-state index contributed by atoms with van der Waals surface area (Å²) in [6.45, 7) is 7.15. The van der Waals surface area contributed by atoms with Crippen LogP contribution in [0.25, 0.3) is 6.08 Å². The lowest BCUT2D eigenvalue weighted by Gasteiger charge is -2.16. The quantitative estimate of drug-likeness (QED) is 0.561. The Labute approximate surface area is 113 Å². The van der Waals surface area contributed by atoms with Gasteiger partial charge in [0.05, 0.1) is 0 Å². The maximum absolute atomic E-state index is 12.7. The predicted octanol–water partition coefficient (Wildman–Crippen LogP) is 2.72. The molecule has 0 saturated heterocycles. The van der Waals surface area contributed by atoms with E-state index in [1.807, 2.05) is 0 Å². The summed E-state index contributed by atoms with van der Waals surface area (Å²) in [7, 11) is 0. The average Bonchev–Trinajstić information content (AvgIpc) is 2.43. The largest absolute Gasteiger partial charge is 0.461 e. The Morgan fingerprint density at radius 1 is 1.26 bits per heavy atom. The number of hydrogen-bond donors (Lipinski definition) is 0. The molecule has 0 unspecified atom stereocenters. The third kappa shape index (κ3) is 6.15. The molecular weight excluding hydrogens is 245 g/mol. The highest BCUT2D eigenvalue weighted by molar-refractivity contribution is 5.87. The molecule has 0 atom stereocenters. The van der Waals surface area contributed by atoms with Gasteiger partial charge in [0, 0.05) is 12.6 Å². The molecule has 0 spiro atoms. The number of rotatable bonds is 7. The van der Waals surface area contributed by atoms with E-state index in [0.717, 1.165) is 25.2 Å². The zero-order valence-electron chi connectivity index (χ0n) is 11.4. The number of ether oxygens (including phenoxy) is 1. The van der Waals surface area contributed by atoms with E-state index < -0.39 is 0 Å². The number of esters is 1. The molecule has 0 aliphatic rings. The fourth-order valence-corrected chi connectivity index (χ4v) is 1.60. The fraction of sp³-hybridized carbons (Fsp3) is 0.400. The number of nitrogens with zero attached hydrogens (tertiary/aromatic N) is 1. The van der Waals surface area contributed by atoms with Gasteiger partial charge in [0.1, 0.15) is 12.4 Å². The number of benzene rings is 1. The lowest BCUT2D eigenvalue weighted by atomic mass is 10.2. The van der Waals surface area contributed by atoms with Crippen molar-refractivity contribution in [1.29, 1.82) is 0 Å². The molecule has 1 aromatic carbocycles. The van der Waals surface area contributed by atoms with Crippen LogP contribution < -0.4 is 0 Å². The Hall–Kier alpha value is -1.68. The summed E-state index contributed by atoms with van der Waals surface area (Å²) in [6.07, 6.45) is 2.97. The molecule has 0 fully saturated rings. The molecule has 4 heteroatoms. The second kappa shape index (κ2) is 8.43. The number of hydrogen-bond acceptors (Lipinski definition) is 3. The van der Waals surface area contributed by atoms with Crippen molar-refractivity contribution in [3.63, 3.8) is 0 Å². The van der Waals surface area contributed by atoms with Gasteiger partial charge in [-0.1, -0.05) is 26.0 Å². The summed E-state index contributed by atoms with van der Waals surface area (Å²) in [5, 5.41) is 0. The van der Waals surface area contributed by atoms with Crippen LogP contribution in [0.4, 0.5) is 4.39 Å². The molecule has 1 aromatic rings. The van der Waals surface area contributed by atoms with Gasteiger partial charge in [0.25, 0.3) is 0 Å². The molecule has 0 aliphatic heterocycles. The topological polar surface area (TPSA) is 29.5 Å². The van der Waals surface area contributed by atoms with Crippen LogP contribution in [-0.4, -0.2) is 37.1 Å². The summed E-state index contributed by atoms with van der Waals surface area (Å²) in [5.41, 5.74) is 0.766. The van der Waals surface area contributed by atoms with Gasteiger partial charge in [-0.25, -0.2) is 9.18 Å². The van der Waals surface area contributed by atoms with Crippen LogP contribution in [0.3, 0.4) is 0 Å². The van der Waals surface area contributed by atoms with Crippen molar-refractivity contribution in [2.45, 2.75) is 13.8 Å². The zero-order chi connectivity index (χ0) is 14.1. The smallest absolute Gasteiger partial charge is 0.330 e. The van der Waals surface area contributed by atoms with Crippen molar-refractivity contribution in [3.05, 3.63) is 41.7 Å². The van der Waals surface area contributed by atoms with Crippen molar-refractivity contribution in [2.75, 3.05) is 26.2 Å². The lowest BCUT2D eigenvalue weighted by molar-refractivity contribution is -0.138. The Balaban J connectivity index is 2.32. The second-order valence-electron chi connectivity index (χ2n) is 4.08. The van der Waals surface area contributed by atoms with Gasteiger partial charge in [-0.05, 0) is 36.9 Å². The summed E-state index contributed by atoms with van der Waals surface area (Å²) >= 11 is 0. The van der Waals surface area contributed by atoms with Gasteiger partial charge in [-0.3, -0.25) is 0 Å². The van der Waals surface area contributed by atoms with E-state index in [0.29, 0.717) is 6.61 Å². The fourth-order valence-electron chi connectivity index (χ4n) is 1.60. The van der Waals surface area contributed by atoms with Crippen molar-refractivity contribution in [1.82, 2.24) is 4.90 Å². The van der Waals surface area contributed by atoms with Gasteiger partial charge in [0.15, 0.2) is 0 Å². The van der Waals surface area contributed by atoms with Gasteiger partial charge in [0.2, 0.25) is 0 Å². The highest BCUT2D eigenvalue weighted by atomic mass is 19.1. The van der Waals surface area contributed by atoms with Crippen molar-refractivity contribution in [2.24, 2.45) is 0 Å². The van der Waals surface area contributed by atoms with Gasteiger partial charge < -0.3 is 9.64 Å². The van der Waals surface area contributed by atoms with Gasteiger partial charge in [-0.2, -0.15) is 0 Å². The Morgan fingerprint density at radius 2 is 1.89 bits per heavy atom. The molecular formula is C15H20FNO2. The molecule has 3 nitrogen and oxygen atoms in total. The first-order chi connectivity index (χ1) is 9.15. The Morgan fingerprint density at radius 3 is 2.47 bits per heavy atom. The highest BCUT2D eigenvalue weighted by Gasteiger charge is 2.01. The van der Waals surface area contributed by atoms with Crippen LogP contribution in [0.15, 0.2) is 30.3 Å². The zero-order valence-corrected chi connectivity index (χ0v) is 11.4. The summed E-state index contributed by atoms with van der Waals surface area (Å²) in [6, 6.07) is 5.92. The normalized spacial score (nSPS) is 11.2. The SMILES string of the molecule is CCN(CC)CCOC(=O)/C=C/c1ccc(F)cc1. The number of carbonyl (C=O) groups is 1. The van der Waals surface area contributed by atoms with E-state index in [2.05, 4.69) is 18.7 Å². The first-order valence-electron chi connectivity index (χ1n) is 6.48. The van der Waals surface area contributed by atoms with Crippen molar-refractivity contribution < 1.29 is 13.9 Å². The maximum Gasteiger partial charge on any atom is 0.330 e. The molecule has 0 amide bonds. The average molecular weight is 265 g/mol. The molecule has 1 rings (SSSR count). The summed E-state index contributed by atoms with van der Waals surface area (Å²) in [5.74, 6) is -0.671. The minimum Gasteiger partial charge on any atom is -0.461 e. The van der Waals surface area contributed by atoms with E-state index in [-0.39, 0.29) is 11.8 Å². The van der Waals surface area contributed by atoms with E-state index in [9.17, 15) is 9.18 Å². The first kappa shape index (κ1) is 15.4. The Bertz CT molecular complexity index is 411. The van der Waals surface area contributed by atoms with Crippen LogP contribution >= 0.6 is 0 Å². The van der Waals surface area contributed by atoms with Crippen LogP contribution in [0.2, 0.25) is 0 Å². The number of halogens is 1. The van der Waals surface area contributed by atoms with Gasteiger partial charge in [-0.15, -0.1) is 0 Å². The standard InChI is InChI=1S/C15H20FNO2/c1-3-17(4-2)11-12-19-15(18)10-7-13-5-8-14(16)9-6-13/h5-10H,3-4,11-12H2,1-2H3/b10-7+. The first-order valence-corrected chi connectivity index (χ1v) is 6.48. The van der Waals surface area contributed by atoms with Gasteiger partial charge >= 0.3 is 5.97 Å². The third-order valence-corrected chi connectivity index (χ3v) is 2.83. The number of likely N-dealkylation sites (N-methyl/N-ethyl adjacent to an activating group) is 1. The molecule has 0 saturated carbocycles. The van der Waals surface area contributed by atoms with Crippen molar-refractivity contribution >= 4 is 12.0 Å². The molecule has 0 radical (unpaired) electrons. The van der Waals surface area contributed by atoms with Crippen LogP contribution in [-0.2, 0) is 9.53 Å². The van der Waals surface area contributed by atoms with Crippen molar-refractivity contribution in [3.8, 4) is 0 Å². The molecule has 0 N–H and O–H groups in total. The van der Waals surface area contributed by atoms with E-state index in [4.69, 9.17) is 4.74 Å². The van der Waals surface area contributed by atoms with Crippen LogP contribution in [0.5, 0.6) is 0 Å². The maximum atomic E-state index is 12.7. The van der Waals surface area contributed by atoms with E-state index in [1.165, 1.54) is 18.2 Å². The summed E-state index contributed by atoms with van der Waals surface area (Å²) < 4.78 is 17.8. The minimum atomic E-state index is -0.378.